The fourth-order valence-corrected chi connectivity index (χ4v) is 2.98. The maximum Gasteiger partial charge on any atom is 0.183 e. The summed E-state index contributed by atoms with van der Waals surface area (Å²) >= 11 is 0. The molecule has 138 valence electrons. The zero-order valence-corrected chi connectivity index (χ0v) is 15.2. The summed E-state index contributed by atoms with van der Waals surface area (Å²) in [6.45, 7) is 1.96. The van der Waals surface area contributed by atoms with Crippen molar-refractivity contribution in [2.24, 2.45) is 11.7 Å². The Morgan fingerprint density at radius 3 is 2.36 bits per heavy atom. The first-order valence-electron chi connectivity index (χ1n) is 8.51. The van der Waals surface area contributed by atoms with E-state index in [-0.39, 0.29) is 17.1 Å². The highest BCUT2D eigenvalue weighted by Crippen LogP contribution is 2.33. The van der Waals surface area contributed by atoms with Crippen LogP contribution in [0.2, 0.25) is 0 Å². The minimum Gasteiger partial charge on any atom is -0.383 e. The Labute approximate surface area is 162 Å². The highest BCUT2D eigenvalue weighted by molar-refractivity contribution is 6.00. The Hall–Kier alpha value is -3.94. The lowest BCUT2D eigenvalue weighted by molar-refractivity contribution is 0.0915. The smallest absolute Gasteiger partial charge is 0.183 e. The Morgan fingerprint density at radius 2 is 1.79 bits per heavy atom. The van der Waals surface area contributed by atoms with Crippen molar-refractivity contribution in [3.05, 3.63) is 77.7 Å². The van der Waals surface area contributed by atoms with Crippen molar-refractivity contribution >= 4 is 11.6 Å². The molecule has 0 aliphatic rings. The number of rotatable bonds is 5. The van der Waals surface area contributed by atoms with E-state index in [2.05, 4.69) is 4.98 Å². The third-order valence-electron chi connectivity index (χ3n) is 4.60. The topological polar surface area (TPSA) is 135 Å². The van der Waals surface area contributed by atoms with E-state index in [4.69, 9.17) is 11.5 Å². The van der Waals surface area contributed by atoms with Gasteiger partial charge in [-0.3, -0.25) is 9.36 Å². The Balaban J connectivity index is 2.07. The highest BCUT2D eigenvalue weighted by atomic mass is 16.1. The summed E-state index contributed by atoms with van der Waals surface area (Å²) in [5.74, 6) is -1.92. The average Bonchev–Trinajstić information content (AvgIpc) is 3.11. The van der Waals surface area contributed by atoms with E-state index in [0.29, 0.717) is 0 Å². The predicted octanol–water partition coefficient (Wildman–Crippen LogP) is 2.46. The second-order valence-corrected chi connectivity index (χ2v) is 6.46. The average molecular weight is 370 g/mol. The zero-order valence-electron chi connectivity index (χ0n) is 15.2. The molecule has 0 bridgehead atoms. The number of benzene rings is 2. The number of nitriles is 2. The van der Waals surface area contributed by atoms with Crippen molar-refractivity contribution < 1.29 is 4.79 Å². The van der Waals surface area contributed by atoms with Gasteiger partial charge in [0, 0.05) is 11.3 Å². The number of Topliss-reactive ketones (excluding diaryl/α,β-unsaturated/α-hetero) is 1. The largest absolute Gasteiger partial charge is 0.383 e. The zero-order chi connectivity index (χ0) is 20.3. The third kappa shape index (κ3) is 3.11. The van der Waals surface area contributed by atoms with Crippen molar-refractivity contribution in [3.8, 4) is 17.8 Å². The molecule has 0 spiro atoms. The fourth-order valence-electron chi connectivity index (χ4n) is 2.98. The van der Waals surface area contributed by atoms with E-state index < -0.39 is 17.2 Å². The fraction of sp³-hybridized carbons (Fsp3) is 0.143. The number of hydrogen-bond acceptors (Lipinski definition) is 6. The maximum atomic E-state index is 12.9. The van der Waals surface area contributed by atoms with Crippen LogP contribution in [0.15, 0.2) is 60.9 Å². The van der Waals surface area contributed by atoms with Crippen molar-refractivity contribution in [3.63, 3.8) is 0 Å². The number of hydrogen-bond donors (Lipinski definition) is 2. The van der Waals surface area contributed by atoms with Crippen LogP contribution in [0.1, 0.15) is 21.6 Å². The van der Waals surface area contributed by atoms with E-state index in [1.165, 1.54) is 6.33 Å². The minimum atomic E-state index is -2.00. The summed E-state index contributed by atoms with van der Waals surface area (Å²) < 4.78 is 1.56. The van der Waals surface area contributed by atoms with Crippen LogP contribution in [-0.2, 0) is 5.54 Å². The van der Waals surface area contributed by atoms with E-state index in [1.54, 1.807) is 34.9 Å². The molecule has 3 rings (SSSR count). The van der Waals surface area contributed by atoms with Gasteiger partial charge in [0.15, 0.2) is 11.3 Å². The number of nitrogens with zero attached hydrogens (tertiary/aromatic N) is 4. The molecule has 0 amide bonds. The number of aromatic nitrogens is 2. The van der Waals surface area contributed by atoms with Gasteiger partial charge in [-0.15, -0.1) is 0 Å². The van der Waals surface area contributed by atoms with Gasteiger partial charge in [0.05, 0.1) is 12.1 Å². The highest BCUT2D eigenvalue weighted by Gasteiger charge is 2.46. The molecule has 0 aliphatic heterocycles. The molecule has 28 heavy (non-hydrogen) atoms. The van der Waals surface area contributed by atoms with Gasteiger partial charge in [0.1, 0.15) is 23.8 Å². The molecule has 0 aliphatic carbocycles. The Morgan fingerprint density at radius 1 is 1.14 bits per heavy atom. The van der Waals surface area contributed by atoms with E-state index in [0.717, 1.165) is 11.3 Å². The molecule has 4 N–H and O–H groups in total. The summed E-state index contributed by atoms with van der Waals surface area (Å²) in [5, 5.41) is 19.4. The van der Waals surface area contributed by atoms with Crippen molar-refractivity contribution in [1.82, 2.24) is 9.55 Å². The van der Waals surface area contributed by atoms with Crippen LogP contribution in [0.5, 0.6) is 0 Å². The normalized spacial score (nSPS) is 13.7. The van der Waals surface area contributed by atoms with Gasteiger partial charge in [-0.25, -0.2) is 4.98 Å². The summed E-state index contributed by atoms with van der Waals surface area (Å²) in [5.41, 5.74) is 12.6. The molecule has 7 heteroatoms. The summed E-state index contributed by atoms with van der Waals surface area (Å²) in [6, 6.07) is 19.5. The third-order valence-corrected chi connectivity index (χ3v) is 4.60. The van der Waals surface area contributed by atoms with Crippen LogP contribution in [0.25, 0.3) is 5.69 Å². The van der Waals surface area contributed by atoms with Crippen LogP contribution >= 0.6 is 0 Å². The van der Waals surface area contributed by atoms with Crippen LogP contribution in [-0.4, -0.2) is 15.3 Å². The first-order chi connectivity index (χ1) is 13.4. The predicted molar refractivity (Wildman–Crippen MR) is 104 cm³/mol. The number of carbonyl (C=O) groups is 1. The van der Waals surface area contributed by atoms with Crippen LogP contribution in [0.4, 0.5) is 5.82 Å². The molecule has 2 atom stereocenters. The van der Waals surface area contributed by atoms with Gasteiger partial charge in [0.25, 0.3) is 0 Å². The molecule has 2 unspecified atom stereocenters. The van der Waals surface area contributed by atoms with E-state index in [1.807, 2.05) is 43.3 Å². The Kier molecular flexibility index (Phi) is 4.95. The molecule has 2 aromatic carbocycles. The number of imidazole rings is 1. The van der Waals surface area contributed by atoms with Crippen molar-refractivity contribution in [2.45, 2.75) is 12.5 Å². The second-order valence-electron chi connectivity index (χ2n) is 6.46. The molecule has 1 heterocycles. The Bertz CT molecular complexity index is 1090. The van der Waals surface area contributed by atoms with Gasteiger partial charge in [0.2, 0.25) is 0 Å². The second kappa shape index (κ2) is 7.36. The van der Waals surface area contributed by atoms with Crippen LogP contribution in [0.3, 0.4) is 0 Å². The monoisotopic (exact) mass is 370 g/mol. The quantitative estimate of drug-likeness (QED) is 0.662. The standard InChI is InChI=1S/C21H18N6O/c1-14-7-9-16(10-8-14)27-13-26-19(20(27)24)21(25,12-23)17(11-22)18(28)15-5-3-2-4-6-15/h2-10,13,17H,24-25H2,1H3. The van der Waals surface area contributed by atoms with Crippen molar-refractivity contribution in [1.29, 1.82) is 10.5 Å². The van der Waals surface area contributed by atoms with Crippen LogP contribution in [0, 0.1) is 35.5 Å². The van der Waals surface area contributed by atoms with Gasteiger partial charge in [-0.1, -0.05) is 48.0 Å². The lowest BCUT2D eigenvalue weighted by Gasteiger charge is -2.24. The SMILES string of the molecule is Cc1ccc(-n2cnc(C(N)(C#N)C(C#N)C(=O)c3ccccc3)c2N)cc1. The number of anilines is 1. The van der Waals surface area contributed by atoms with Gasteiger partial charge in [-0.2, -0.15) is 10.5 Å². The van der Waals surface area contributed by atoms with E-state index >= 15 is 0 Å². The lowest BCUT2D eigenvalue weighted by atomic mass is 9.79. The lowest BCUT2D eigenvalue weighted by Crippen LogP contribution is -2.46. The van der Waals surface area contributed by atoms with Gasteiger partial charge in [-0.05, 0) is 19.1 Å². The molecule has 0 saturated heterocycles. The molecule has 3 aromatic rings. The molecule has 1 aromatic heterocycles. The van der Waals surface area contributed by atoms with Gasteiger partial charge < -0.3 is 11.5 Å². The molecule has 0 radical (unpaired) electrons. The molecule has 0 fully saturated rings. The minimum absolute atomic E-state index is 0.00796. The number of nitrogens with two attached hydrogens (primary N) is 2. The molecular formula is C21H18N6O. The number of ketones is 1. The van der Waals surface area contributed by atoms with Crippen LogP contribution < -0.4 is 11.5 Å². The molecular weight excluding hydrogens is 352 g/mol. The molecule has 0 saturated carbocycles. The van der Waals surface area contributed by atoms with Gasteiger partial charge >= 0.3 is 0 Å². The first kappa shape index (κ1) is 18.8. The molecule has 7 nitrogen and oxygen atoms in total. The van der Waals surface area contributed by atoms with E-state index in [9.17, 15) is 15.3 Å². The number of aryl methyl sites for hydroxylation is 1. The number of nitrogen functional groups attached to an aromatic ring is 1. The van der Waals surface area contributed by atoms with Crippen molar-refractivity contribution in [2.75, 3.05) is 5.73 Å². The summed E-state index contributed by atoms with van der Waals surface area (Å²) in [7, 11) is 0. The summed E-state index contributed by atoms with van der Waals surface area (Å²) in [4.78, 5) is 17.0. The first-order valence-corrected chi connectivity index (χ1v) is 8.51. The number of carbonyl (C=O) groups excluding carboxylic acids is 1. The summed E-state index contributed by atoms with van der Waals surface area (Å²) in [6.07, 6.45) is 1.43. The maximum absolute atomic E-state index is 12.9.